The van der Waals surface area contributed by atoms with E-state index >= 15 is 0 Å². The van der Waals surface area contributed by atoms with Crippen molar-refractivity contribution in [2.45, 2.75) is 52.2 Å². The van der Waals surface area contributed by atoms with Gasteiger partial charge in [0.2, 0.25) is 0 Å². The molecule has 40 heavy (non-hydrogen) atoms. The predicted octanol–water partition coefficient (Wildman–Crippen LogP) is 6.24. The van der Waals surface area contributed by atoms with E-state index in [0.717, 1.165) is 28.8 Å². The van der Waals surface area contributed by atoms with Crippen molar-refractivity contribution in [1.82, 2.24) is 9.80 Å². The standard InChI is InChI=1S/C34H40N2O4/c1-23-21-27(40-22-24-11-8-7-9-12-24)17-18-28(23)31(37)29-30(25-13-15-26(16-14-25)34(2,3)4)36(33(39)32(29)38)20-10-19-35(5)6/h7-9,11-18,21,30,37H,10,19-20,22H2,1-6H3/t30-/m0/s1. The smallest absolute Gasteiger partial charge is 0.295 e. The number of benzene rings is 3. The topological polar surface area (TPSA) is 70.1 Å². The molecule has 6 heteroatoms. The van der Waals surface area contributed by atoms with Gasteiger partial charge in [-0.25, -0.2) is 0 Å². The third kappa shape index (κ3) is 6.45. The van der Waals surface area contributed by atoms with Crippen molar-refractivity contribution in [3.8, 4) is 5.75 Å². The third-order valence-corrected chi connectivity index (χ3v) is 7.34. The number of hydrogen-bond donors (Lipinski definition) is 1. The first kappa shape index (κ1) is 29.1. The van der Waals surface area contributed by atoms with Gasteiger partial charge < -0.3 is 19.6 Å². The van der Waals surface area contributed by atoms with E-state index in [0.29, 0.717) is 30.9 Å². The molecule has 1 atom stereocenters. The fourth-order valence-corrected chi connectivity index (χ4v) is 5.06. The van der Waals surface area contributed by atoms with Crippen molar-refractivity contribution in [1.29, 1.82) is 0 Å². The lowest BCUT2D eigenvalue weighted by molar-refractivity contribution is -0.139. The van der Waals surface area contributed by atoms with E-state index < -0.39 is 17.7 Å². The molecule has 0 radical (unpaired) electrons. The Morgan fingerprint density at radius 3 is 2.25 bits per heavy atom. The van der Waals surface area contributed by atoms with Crippen LogP contribution in [0.2, 0.25) is 0 Å². The van der Waals surface area contributed by atoms with E-state index in [1.807, 2.05) is 81.7 Å². The van der Waals surface area contributed by atoms with Gasteiger partial charge in [-0.15, -0.1) is 0 Å². The number of amides is 1. The van der Waals surface area contributed by atoms with Crippen molar-refractivity contribution in [2.75, 3.05) is 27.2 Å². The lowest BCUT2D eigenvalue weighted by Gasteiger charge is -2.27. The molecule has 0 saturated carbocycles. The monoisotopic (exact) mass is 540 g/mol. The summed E-state index contributed by atoms with van der Waals surface area (Å²) in [6.45, 7) is 9.92. The lowest BCUT2D eigenvalue weighted by atomic mass is 9.85. The van der Waals surface area contributed by atoms with Gasteiger partial charge in [0.25, 0.3) is 11.7 Å². The highest BCUT2D eigenvalue weighted by atomic mass is 16.5. The average Bonchev–Trinajstić information content (AvgIpc) is 3.16. The third-order valence-electron chi connectivity index (χ3n) is 7.34. The molecule has 6 nitrogen and oxygen atoms in total. The van der Waals surface area contributed by atoms with Crippen molar-refractivity contribution >= 4 is 17.4 Å². The summed E-state index contributed by atoms with van der Waals surface area (Å²) in [5.74, 6) is -0.733. The number of aliphatic hydroxyl groups is 1. The Kier molecular flexibility index (Phi) is 8.79. The number of ketones is 1. The van der Waals surface area contributed by atoms with Crippen molar-refractivity contribution in [3.63, 3.8) is 0 Å². The van der Waals surface area contributed by atoms with E-state index in [-0.39, 0.29) is 16.7 Å². The molecule has 4 rings (SSSR count). The van der Waals surface area contributed by atoms with Gasteiger partial charge in [-0.1, -0.05) is 75.4 Å². The van der Waals surface area contributed by atoms with E-state index in [1.54, 1.807) is 17.0 Å². The molecule has 1 N–H and O–H groups in total. The zero-order valence-electron chi connectivity index (χ0n) is 24.4. The molecule has 210 valence electrons. The molecule has 0 bridgehead atoms. The number of rotatable bonds is 9. The van der Waals surface area contributed by atoms with Gasteiger partial charge in [0.15, 0.2) is 0 Å². The SMILES string of the molecule is Cc1cc(OCc2ccccc2)ccc1C(O)=C1C(=O)C(=O)N(CCCN(C)C)[C@H]1c1ccc(C(C)(C)C)cc1. The molecule has 0 spiro atoms. The van der Waals surface area contributed by atoms with Crippen LogP contribution in [0.5, 0.6) is 5.75 Å². The van der Waals surface area contributed by atoms with Crippen LogP contribution in [0, 0.1) is 6.92 Å². The van der Waals surface area contributed by atoms with Gasteiger partial charge >= 0.3 is 0 Å². The Morgan fingerprint density at radius 2 is 1.65 bits per heavy atom. The Balaban J connectivity index is 1.70. The number of carbonyl (C=O) groups is 2. The normalized spacial score (nSPS) is 17.1. The van der Waals surface area contributed by atoms with Gasteiger partial charge in [-0.05, 0) is 79.9 Å². The van der Waals surface area contributed by atoms with E-state index in [2.05, 4.69) is 25.7 Å². The van der Waals surface area contributed by atoms with Gasteiger partial charge in [0.05, 0.1) is 11.6 Å². The van der Waals surface area contributed by atoms with Crippen LogP contribution in [0.4, 0.5) is 0 Å². The van der Waals surface area contributed by atoms with Crippen LogP contribution in [0.1, 0.15) is 61.1 Å². The first-order valence-corrected chi connectivity index (χ1v) is 13.8. The van der Waals surface area contributed by atoms with Crippen LogP contribution >= 0.6 is 0 Å². The molecule has 1 aliphatic rings. The summed E-state index contributed by atoms with van der Waals surface area (Å²) in [5, 5.41) is 11.6. The molecule has 1 heterocycles. The fourth-order valence-electron chi connectivity index (χ4n) is 5.06. The highest BCUT2D eigenvalue weighted by Crippen LogP contribution is 2.41. The summed E-state index contributed by atoms with van der Waals surface area (Å²) in [5.41, 5.74) is 4.37. The Labute approximate surface area is 237 Å². The second kappa shape index (κ2) is 12.1. The second-order valence-corrected chi connectivity index (χ2v) is 11.8. The maximum atomic E-state index is 13.4. The molecule has 3 aromatic carbocycles. The molecule has 1 saturated heterocycles. The summed E-state index contributed by atoms with van der Waals surface area (Å²) in [6.07, 6.45) is 0.711. The van der Waals surface area contributed by atoms with Crippen LogP contribution in [0.3, 0.4) is 0 Å². The summed E-state index contributed by atoms with van der Waals surface area (Å²) in [4.78, 5) is 30.4. The van der Waals surface area contributed by atoms with E-state index in [4.69, 9.17) is 4.74 Å². The minimum atomic E-state index is -0.662. The number of nitrogens with zero attached hydrogens (tertiary/aromatic N) is 2. The predicted molar refractivity (Wildman–Crippen MR) is 159 cm³/mol. The summed E-state index contributed by atoms with van der Waals surface area (Å²) in [6, 6.07) is 22.6. The van der Waals surface area contributed by atoms with Crippen LogP contribution in [0.15, 0.2) is 78.4 Å². The number of aliphatic hydroxyl groups excluding tert-OH is 1. The van der Waals surface area contributed by atoms with Crippen LogP contribution in [-0.4, -0.2) is 53.8 Å². The van der Waals surface area contributed by atoms with Gasteiger partial charge in [0.1, 0.15) is 18.1 Å². The Bertz CT molecular complexity index is 1390. The average molecular weight is 541 g/mol. The number of aryl methyl sites for hydroxylation is 1. The van der Waals surface area contributed by atoms with Crippen molar-refractivity contribution in [2.24, 2.45) is 0 Å². The number of Topliss-reactive ketones (excluding diaryl/α,β-unsaturated/α-hetero) is 1. The zero-order valence-corrected chi connectivity index (χ0v) is 24.4. The van der Waals surface area contributed by atoms with E-state index in [1.165, 1.54) is 0 Å². The highest BCUT2D eigenvalue weighted by Gasteiger charge is 2.46. The lowest BCUT2D eigenvalue weighted by Crippen LogP contribution is -2.32. The first-order chi connectivity index (χ1) is 19.0. The zero-order chi connectivity index (χ0) is 29.0. The quantitative estimate of drug-likeness (QED) is 0.198. The van der Waals surface area contributed by atoms with Crippen LogP contribution in [0.25, 0.3) is 5.76 Å². The van der Waals surface area contributed by atoms with Gasteiger partial charge in [0, 0.05) is 12.1 Å². The molecular weight excluding hydrogens is 500 g/mol. The number of carbonyl (C=O) groups excluding carboxylic acids is 2. The minimum Gasteiger partial charge on any atom is -0.507 e. The second-order valence-electron chi connectivity index (χ2n) is 11.8. The Morgan fingerprint density at radius 1 is 0.975 bits per heavy atom. The van der Waals surface area contributed by atoms with Crippen LogP contribution in [-0.2, 0) is 21.6 Å². The van der Waals surface area contributed by atoms with Crippen molar-refractivity contribution in [3.05, 3.63) is 106 Å². The molecule has 1 amide bonds. The molecule has 3 aromatic rings. The minimum absolute atomic E-state index is 0.0342. The number of ether oxygens (including phenoxy) is 1. The molecule has 1 fully saturated rings. The number of hydrogen-bond acceptors (Lipinski definition) is 5. The largest absolute Gasteiger partial charge is 0.507 e. The highest BCUT2D eigenvalue weighted by molar-refractivity contribution is 6.46. The Hall–Kier alpha value is -3.90. The molecule has 0 unspecified atom stereocenters. The number of likely N-dealkylation sites (tertiary alicyclic amines) is 1. The molecule has 1 aliphatic heterocycles. The maximum Gasteiger partial charge on any atom is 0.295 e. The molecule has 0 aromatic heterocycles. The summed E-state index contributed by atoms with van der Waals surface area (Å²) in [7, 11) is 3.96. The molecule has 0 aliphatic carbocycles. The fraction of sp³-hybridized carbons (Fsp3) is 0.353. The van der Waals surface area contributed by atoms with E-state index in [9.17, 15) is 14.7 Å². The first-order valence-electron chi connectivity index (χ1n) is 13.8. The van der Waals surface area contributed by atoms with Gasteiger partial charge in [-0.2, -0.15) is 0 Å². The maximum absolute atomic E-state index is 13.4. The van der Waals surface area contributed by atoms with Gasteiger partial charge in [-0.3, -0.25) is 9.59 Å². The molecular formula is C34H40N2O4. The van der Waals surface area contributed by atoms with Crippen LogP contribution < -0.4 is 4.74 Å². The summed E-state index contributed by atoms with van der Waals surface area (Å²) >= 11 is 0. The van der Waals surface area contributed by atoms with Crippen molar-refractivity contribution < 1.29 is 19.4 Å². The summed E-state index contributed by atoms with van der Waals surface area (Å²) < 4.78 is 5.95.